The third kappa shape index (κ3) is 6.72. The molecule has 0 radical (unpaired) electrons. The summed E-state index contributed by atoms with van der Waals surface area (Å²) >= 11 is 0. The fraction of sp³-hybridized carbons (Fsp3) is 0.517. The number of alkyl halides is 6. The second-order valence-corrected chi connectivity index (χ2v) is 11.2. The van der Waals surface area contributed by atoms with E-state index in [2.05, 4.69) is 15.4 Å². The summed E-state index contributed by atoms with van der Waals surface area (Å²) in [5.74, 6) is 0.0420. The Kier molecular flexibility index (Phi) is 8.32. The molecule has 43 heavy (non-hydrogen) atoms. The molecule has 14 heteroatoms. The summed E-state index contributed by atoms with van der Waals surface area (Å²) in [5, 5.41) is 12.3. The maximum Gasteiger partial charge on any atom is 0.416 e. The van der Waals surface area contributed by atoms with Crippen molar-refractivity contribution >= 4 is 17.7 Å². The van der Waals surface area contributed by atoms with Gasteiger partial charge < -0.3 is 9.64 Å². The molecule has 0 saturated heterocycles. The first-order valence-electron chi connectivity index (χ1n) is 14.1. The second-order valence-electron chi connectivity index (χ2n) is 11.2. The summed E-state index contributed by atoms with van der Waals surface area (Å²) < 4.78 is 87.8. The van der Waals surface area contributed by atoms with Crippen molar-refractivity contribution < 1.29 is 35.9 Å². The number of ether oxygens (including phenoxy) is 1. The Labute approximate surface area is 244 Å². The number of anilines is 2. The number of carbonyl (C=O) groups excluding carboxylic acids is 1. The third-order valence-corrected chi connectivity index (χ3v) is 7.69. The molecule has 0 spiro atoms. The number of halogens is 6. The number of carbonyl (C=O) groups is 1. The Hall–Kier alpha value is -3.84. The van der Waals surface area contributed by atoms with Crippen molar-refractivity contribution in [1.82, 2.24) is 20.2 Å². The number of tetrazole rings is 1. The number of benzene rings is 2. The predicted octanol–water partition coefficient (Wildman–Crippen LogP) is 7.02. The van der Waals surface area contributed by atoms with Gasteiger partial charge in [-0.25, -0.2) is 4.79 Å². The smallest absolute Gasteiger partial charge is 0.416 e. The monoisotopic (exact) mass is 610 g/mol. The Balaban J connectivity index is 1.65. The number of aromatic nitrogens is 4. The molecule has 3 aromatic rings. The highest BCUT2D eigenvalue weighted by atomic mass is 19.4. The summed E-state index contributed by atoms with van der Waals surface area (Å²) in [6.07, 6.45) is -6.34. The molecule has 8 nitrogen and oxygen atoms in total. The summed E-state index contributed by atoms with van der Waals surface area (Å²) in [4.78, 5) is 17.6. The zero-order valence-electron chi connectivity index (χ0n) is 24.0. The minimum atomic E-state index is -4.99. The minimum Gasteiger partial charge on any atom is -0.446 e. The van der Waals surface area contributed by atoms with Crippen molar-refractivity contribution in [3.8, 4) is 0 Å². The van der Waals surface area contributed by atoms with Gasteiger partial charge in [-0.1, -0.05) is 11.2 Å². The molecule has 1 aliphatic heterocycles. The standard InChI is InChI=1S/C29H32F6N6O2/c1-17(2)43-27(42)40-10-6-9-24(23-13-19-7-4-5-8-20(19)14-25(23)40)41(26-36-38-39(3)37-26)16-18-11-21(28(30,31)32)15-22(12-18)29(33,34)35/h11-15,17,24H,4-10,16H2,1-3H3. The molecule has 0 bridgehead atoms. The van der Waals surface area contributed by atoms with E-state index >= 15 is 0 Å². The van der Waals surface area contributed by atoms with Gasteiger partial charge in [0.15, 0.2) is 0 Å². The molecule has 0 fully saturated rings. The number of aryl methyl sites for hydroxylation is 3. The highest BCUT2D eigenvalue weighted by Crippen LogP contribution is 2.43. The van der Waals surface area contributed by atoms with Crippen LogP contribution in [0.15, 0.2) is 30.3 Å². The molecule has 1 aromatic heterocycles. The zero-order chi connectivity index (χ0) is 31.1. The molecule has 2 aliphatic rings. The largest absolute Gasteiger partial charge is 0.446 e. The molecule has 1 aliphatic carbocycles. The van der Waals surface area contributed by atoms with E-state index in [9.17, 15) is 31.1 Å². The van der Waals surface area contributed by atoms with Gasteiger partial charge in [0.1, 0.15) is 0 Å². The first-order valence-corrected chi connectivity index (χ1v) is 14.1. The van der Waals surface area contributed by atoms with Gasteiger partial charge in [-0.3, -0.25) is 4.90 Å². The van der Waals surface area contributed by atoms with Crippen LogP contribution in [0, 0.1) is 0 Å². The molecular formula is C29H32F6N6O2. The Morgan fingerprint density at radius 2 is 1.60 bits per heavy atom. The van der Waals surface area contributed by atoms with Crippen LogP contribution in [0.5, 0.6) is 0 Å². The van der Waals surface area contributed by atoms with Gasteiger partial charge in [0, 0.05) is 13.1 Å². The van der Waals surface area contributed by atoms with Gasteiger partial charge in [-0.2, -0.15) is 31.1 Å². The maximum atomic E-state index is 13.7. The number of amides is 1. The van der Waals surface area contributed by atoms with Crippen LogP contribution in [0.4, 0.5) is 42.8 Å². The van der Waals surface area contributed by atoms with Crippen LogP contribution in [0.1, 0.15) is 79.0 Å². The van der Waals surface area contributed by atoms with Crippen LogP contribution in [0.25, 0.3) is 0 Å². The number of hydrogen-bond donors (Lipinski definition) is 0. The van der Waals surface area contributed by atoms with Gasteiger partial charge in [0.05, 0.1) is 36.0 Å². The van der Waals surface area contributed by atoms with Crippen LogP contribution in [0.2, 0.25) is 0 Å². The highest BCUT2D eigenvalue weighted by Gasteiger charge is 2.38. The first kappa shape index (κ1) is 30.6. The summed E-state index contributed by atoms with van der Waals surface area (Å²) in [7, 11) is 1.52. The number of fused-ring (bicyclic) bond motifs is 2. The van der Waals surface area contributed by atoms with E-state index < -0.39 is 35.6 Å². The normalized spacial score (nSPS) is 17.3. The molecule has 5 rings (SSSR count). The van der Waals surface area contributed by atoms with Crippen LogP contribution in [0.3, 0.4) is 0 Å². The molecule has 1 atom stereocenters. The molecule has 1 amide bonds. The number of hydrogen-bond acceptors (Lipinski definition) is 6. The molecule has 2 heterocycles. The van der Waals surface area contributed by atoms with Gasteiger partial charge in [0.2, 0.25) is 0 Å². The van der Waals surface area contributed by atoms with Crippen molar-refractivity contribution in [2.75, 3.05) is 16.3 Å². The topological polar surface area (TPSA) is 76.4 Å². The predicted molar refractivity (Wildman–Crippen MR) is 145 cm³/mol. The Bertz CT molecular complexity index is 1450. The fourth-order valence-corrected chi connectivity index (χ4v) is 5.81. The van der Waals surface area contributed by atoms with E-state index in [4.69, 9.17) is 4.74 Å². The van der Waals surface area contributed by atoms with E-state index in [0.717, 1.165) is 48.9 Å². The van der Waals surface area contributed by atoms with Gasteiger partial charge in [0.25, 0.3) is 5.95 Å². The molecule has 2 aromatic carbocycles. The molecule has 0 N–H and O–H groups in total. The molecule has 0 saturated carbocycles. The summed E-state index contributed by atoms with van der Waals surface area (Å²) in [5.41, 5.74) is 0.487. The van der Waals surface area contributed by atoms with Crippen LogP contribution >= 0.6 is 0 Å². The molecule has 1 unspecified atom stereocenters. The lowest BCUT2D eigenvalue weighted by Gasteiger charge is -2.33. The highest BCUT2D eigenvalue weighted by molar-refractivity contribution is 5.89. The SMILES string of the molecule is CC(C)OC(=O)N1CCCC(N(Cc2cc(C(F)(F)F)cc(C(F)(F)F)c2)c2nnn(C)n2)c2cc3c(cc21)CCCC3. The van der Waals surface area contributed by atoms with Crippen LogP contribution in [-0.4, -0.2) is 38.9 Å². The first-order chi connectivity index (χ1) is 20.2. The van der Waals surface area contributed by atoms with Gasteiger partial charge >= 0.3 is 18.4 Å². The quantitative estimate of drug-likeness (QED) is 0.289. The number of rotatable bonds is 5. The third-order valence-electron chi connectivity index (χ3n) is 7.69. The molecule has 232 valence electrons. The lowest BCUT2D eigenvalue weighted by Crippen LogP contribution is -2.34. The lowest BCUT2D eigenvalue weighted by molar-refractivity contribution is -0.143. The van der Waals surface area contributed by atoms with Gasteiger partial charge in [-0.05, 0) is 104 Å². The summed E-state index contributed by atoms with van der Waals surface area (Å²) in [6.45, 7) is 3.45. The van der Waals surface area contributed by atoms with E-state index in [1.54, 1.807) is 23.6 Å². The van der Waals surface area contributed by atoms with Crippen molar-refractivity contribution in [2.24, 2.45) is 7.05 Å². The average Bonchev–Trinajstić information content (AvgIpc) is 3.27. The lowest BCUT2D eigenvalue weighted by atomic mass is 9.87. The van der Waals surface area contributed by atoms with Gasteiger partial charge in [-0.15, -0.1) is 5.10 Å². The second kappa shape index (κ2) is 11.7. The Morgan fingerprint density at radius 3 is 2.16 bits per heavy atom. The van der Waals surface area contributed by atoms with E-state index in [0.29, 0.717) is 30.6 Å². The maximum absolute atomic E-state index is 13.7. The van der Waals surface area contributed by atoms with Crippen molar-refractivity contribution in [2.45, 2.75) is 83.4 Å². The van der Waals surface area contributed by atoms with E-state index in [-0.39, 0.29) is 30.2 Å². The van der Waals surface area contributed by atoms with Crippen LogP contribution < -0.4 is 9.80 Å². The van der Waals surface area contributed by atoms with Crippen molar-refractivity contribution in [3.63, 3.8) is 0 Å². The van der Waals surface area contributed by atoms with Crippen molar-refractivity contribution in [1.29, 1.82) is 0 Å². The van der Waals surface area contributed by atoms with E-state index in [1.165, 1.54) is 11.8 Å². The zero-order valence-corrected chi connectivity index (χ0v) is 24.0. The van der Waals surface area contributed by atoms with Crippen LogP contribution in [-0.2, 0) is 43.5 Å². The van der Waals surface area contributed by atoms with E-state index in [1.807, 2.05) is 12.1 Å². The number of nitrogens with zero attached hydrogens (tertiary/aromatic N) is 6. The van der Waals surface area contributed by atoms with Crippen molar-refractivity contribution in [3.05, 3.63) is 63.7 Å². The fourth-order valence-electron chi connectivity index (χ4n) is 5.81. The molecular weight excluding hydrogens is 578 g/mol. The average molecular weight is 611 g/mol. The summed E-state index contributed by atoms with van der Waals surface area (Å²) in [6, 6.07) is 4.93. The Morgan fingerprint density at radius 1 is 0.977 bits per heavy atom. The minimum absolute atomic E-state index is 0.0420.